The number of carbonyl (C=O) groups excluding carboxylic acids is 1. The van der Waals surface area contributed by atoms with E-state index in [1.54, 1.807) is 18.5 Å². The van der Waals surface area contributed by atoms with Crippen LogP contribution in [0.15, 0.2) is 11.3 Å². The van der Waals surface area contributed by atoms with Crippen LogP contribution in [0.1, 0.15) is 26.8 Å². The summed E-state index contributed by atoms with van der Waals surface area (Å²) in [5.41, 5.74) is 1.29. The Kier molecular flexibility index (Phi) is 2.59. The minimum atomic E-state index is -0.332. The van der Waals surface area contributed by atoms with E-state index in [-0.39, 0.29) is 12.0 Å². The first kappa shape index (κ1) is 10.6. The number of tetrazole rings is 1. The van der Waals surface area contributed by atoms with E-state index in [1.165, 1.54) is 0 Å². The van der Waals surface area contributed by atoms with E-state index in [2.05, 4.69) is 20.8 Å². The highest BCUT2D eigenvalue weighted by molar-refractivity contribution is 5.91. The predicted molar refractivity (Wildman–Crippen MR) is 55.5 cm³/mol. The van der Waals surface area contributed by atoms with Gasteiger partial charge in [-0.15, -0.1) is 0 Å². The number of esters is 1. The van der Waals surface area contributed by atoms with Crippen molar-refractivity contribution >= 4 is 11.9 Å². The topological polar surface area (TPSA) is 81.9 Å². The first-order valence-corrected chi connectivity index (χ1v) is 5.08. The van der Waals surface area contributed by atoms with Gasteiger partial charge in [-0.05, 0) is 31.2 Å². The minimum Gasteiger partial charge on any atom is -0.463 e. The average molecular weight is 223 g/mol. The van der Waals surface area contributed by atoms with Gasteiger partial charge >= 0.3 is 5.97 Å². The van der Waals surface area contributed by atoms with Crippen molar-refractivity contribution in [3.05, 3.63) is 11.3 Å². The monoisotopic (exact) mass is 223 g/mol. The zero-order valence-electron chi connectivity index (χ0n) is 9.39. The second-order valence-corrected chi connectivity index (χ2v) is 3.51. The highest BCUT2D eigenvalue weighted by atomic mass is 16.5. The molecule has 1 aromatic rings. The van der Waals surface area contributed by atoms with Crippen molar-refractivity contribution in [2.75, 3.05) is 11.9 Å². The largest absolute Gasteiger partial charge is 0.463 e. The molecule has 0 aromatic carbocycles. The molecule has 2 heterocycles. The number of allylic oxidation sites excluding steroid dienone is 1. The number of nitrogens with zero attached hydrogens (tertiary/aromatic N) is 4. The number of hydrogen-bond acceptors (Lipinski definition) is 6. The Morgan fingerprint density at radius 2 is 2.38 bits per heavy atom. The van der Waals surface area contributed by atoms with Crippen LogP contribution in [0.3, 0.4) is 0 Å². The third-order valence-electron chi connectivity index (χ3n) is 2.48. The van der Waals surface area contributed by atoms with E-state index >= 15 is 0 Å². The first-order valence-electron chi connectivity index (χ1n) is 5.08. The van der Waals surface area contributed by atoms with Crippen molar-refractivity contribution in [1.29, 1.82) is 0 Å². The first-order chi connectivity index (χ1) is 7.65. The Morgan fingerprint density at radius 3 is 3.06 bits per heavy atom. The summed E-state index contributed by atoms with van der Waals surface area (Å²) < 4.78 is 6.55. The molecule has 0 bridgehead atoms. The molecule has 0 saturated carbocycles. The Bertz CT molecular complexity index is 451. The summed E-state index contributed by atoms with van der Waals surface area (Å²) in [5, 5.41) is 14.1. The van der Waals surface area contributed by atoms with Crippen LogP contribution in [0, 0.1) is 0 Å². The third-order valence-corrected chi connectivity index (χ3v) is 2.48. The fraction of sp³-hybridized carbons (Fsp3) is 0.556. The highest BCUT2D eigenvalue weighted by Crippen LogP contribution is 2.28. The van der Waals surface area contributed by atoms with Gasteiger partial charge < -0.3 is 10.1 Å². The van der Waals surface area contributed by atoms with Gasteiger partial charge in [0.05, 0.1) is 18.2 Å². The molecular weight excluding hydrogens is 210 g/mol. The number of ether oxygens (including phenoxy) is 1. The van der Waals surface area contributed by atoms with E-state index in [0.29, 0.717) is 18.1 Å². The fourth-order valence-electron chi connectivity index (χ4n) is 1.74. The lowest BCUT2D eigenvalue weighted by Gasteiger charge is -2.23. The second kappa shape index (κ2) is 3.92. The van der Waals surface area contributed by atoms with Crippen molar-refractivity contribution < 1.29 is 9.53 Å². The molecule has 7 nitrogen and oxygen atoms in total. The zero-order chi connectivity index (χ0) is 11.7. The van der Waals surface area contributed by atoms with E-state index < -0.39 is 0 Å². The zero-order valence-corrected chi connectivity index (χ0v) is 9.39. The van der Waals surface area contributed by atoms with Crippen LogP contribution in [0.2, 0.25) is 0 Å². The van der Waals surface area contributed by atoms with Gasteiger partial charge in [-0.25, -0.2) is 9.48 Å². The molecule has 2 rings (SSSR count). The van der Waals surface area contributed by atoms with Gasteiger partial charge in [0.1, 0.15) is 0 Å². The summed E-state index contributed by atoms with van der Waals surface area (Å²) in [7, 11) is 0. The van der Waals surface area contributed by atoms with Gasteiger partial charge in [0, 0.05) is 5.70 Å². The normalized spacial score (nSPS) is 19.1. The molecule has 1 N–H and O–H groups in total. The summed E-state index contributed by atoms with van der Waals surface area (Å²) in [4.78, 5) is 11.7. The van der Waals surface area contributed by atoms with Crippen molar-refractivity contribution in [3.63, 3.8) is 0 Å². The predicted octanol–water partition coefficient (Wildman–Crippen LogP) is 0.497. The minimum absolute atomic E-state index is 0.217. The molecular formula is C9H13N5O2. The van der Waals surface area contributed by atoms with Crippen LogP contribution >= 0.6 is 0 Å². The Morgan fingerprint density at radius 1 is 1.62 bits per heavy atom. The van der Waals surface area contributed by atoms with Gasteiger partial charge in [0.25, 0.3) is 0 Å². The number of aromatic nitrogens is 4. The SMILES string of the molecule is CCOC(=O)C1=C(C)Nc2nnnn2C1C. The Balaban J connectivity index is 2.35. The summed E-state index contributed by atoms with van der Waals surface area (Å²) >= 11 is 0. The third kappa shape index (κ3) is 1.54. The molecule has 0 fully saturated rings. The number of fused-ring (bicyclic) bond motifs is 1. The molecule has 0 radical (unpaired) electrons. The highest BCUT2D eigenvalue weighted by Gasteiger charge is 2.30. The molecule has 0 aliphatic carbocycles. The second-order valence-electron chi connectivity index (χ2n) is 3.51. The summed E-state index contributed by atoms with van der Waals surface area (Å²) in [6.07, 6.45) is 0. The van der Waals surface area contributed by atoms with Crippen LogP contribution in [0.4, 0.5) is 5.95 Å². The molecule has 0 spiro atoms. The van der Waals surface area contributed by atoms with Crippen molar-refractivity contribution in [1.82, 2.24) is 20.2 Å². The van der Waals surface area contributed by atoms with Crippen LogP contribution in [0.25, 0.3) is 0 Å². The smallest absolute Gasteiger partial charge is 0.337 e. The van der Waals surface area contributed by atoms with Crippen molar-refractivity contribution in [2.24, 2.45) is 0 Å². The summed E-state index contributed by atoms with van der Waals surface area (Å²) in [6.45, 7) is 5.79. The van der Waals surface area contributed by atoms with Crippen molar-refractivity contribution in [2.45, 2.75) is 26.8 Å². The Labute approximate surface area is 92.5 Å². The van der Waals surface area contributed by atoms with Crippen LogP contribution in [0.5, 0.6) is 0 Å². The van der Waals surface area contributed by atoms with Gasteiger partial charge in [-0.3, -0.25) is 0 Å². The Hall–Kier alpha value is -1.92. The number of rotatable bonds is 2. The van der Waals surface area contributed by atoms with Gasteiger partial charge in [-0.1, -0.05) is 5.10 Å². The summed E-state index contributed by atoms with van der Waals surface area (Å²) in [6, 6.07) is -0.217. The van der Waals surface area contributed by atoms with Crippen molar-refractivity contribution in [3.8, 4) is 0 Å². The number of nitrogens with one attached hydrogen (secondary N) is 1. The van der Waals surface area contributed by atoms with E-state index in [1.807, 2.05) is 6.92 Å². The maximum Gasteiger partial charge on any atom is 0.337 e. The quantitative estimate of drug-likeness (QED) is 0.735. The lowest BCUT2D eigenvalue weighted by Crippen LogP contribution is -2.27. The van der Waals surface area contributed by atoms with Gasteiger partial charge in [0.15, 0.2) is 0 Å². The van der Waals surface area contributed by atoms with Gasteiger partial charge in [0.2, 0.25) is 5.95 Å². The molecule has 86 valence electrons. The van der Waals surface area contributed by atoms with Gasteiger partial charge in [-0.2, -0.15) is 0 Å². The standard InChI is InChI=1S/C9H13N5O2/c1-4-16-8(15)7-5(2)10-9-11-12-13-14(9)6(7)3/h6H,4H2,1-3H3,(H,10,11,13). The fourth-order valence-corrected chi connectivity index (χ4v) is 1.74. The van der Waals surface area contributed by atoms with E-state index in [0.717, 1.165) is 5.70 Å². The molecule has 0 amide bonds. The molecule has 1 aliphatic heterocycles. The molecule has 1 atom stereocenters. The lowest BCUT2D eigenvalue weighted by atomic mass is 10.1. The maximum absolute atomic E-state index is 11.7. The number of hydrogen-bond donors (Lipinski definition) is 1. The molecule has 0 saturated heterocycles. The molecule has 7 heteroatoms. The molecule has 1 aromatic heterocycles. The average Bonchev–Trinajstić information content (AvgIpc) is 2.66. The number of carbonyl (C=O) groups is 1. The summed E-state index contributed by atoms with van der Waals surface area (Å²) in [5.74, 6) is 0.208. The van der Waals surface area contributed by atoms with Crippen LogP contribution < -0.4 is 5.32 Å². The molecule has 16 heavy (non-hydrogen) atoms. The maximum atomic E-state index is 11.7. The van der Waals surface area contributed by atoms with E-state index in [4.69, 9.17) is 4.74 Å². The number of anilines is 1. The van der Waals surface area contributed by atoms with Crippen LogP contribution in [-0.4, -0.2) is 32.8 Å². The van der Waals surface area contributed by atoms with Crippen LogP contribution in [-0.2, 0) is 9.53 Å². The lowest BCUT2D eigenvalue weighted by molar-refractivity contribution is -0.139. The molecule has 1 aliphatic rings. The molecule has 1 unspecified atom stereocenters. The van der Waals surface area contributed by atoms with E-state index in [9.17, 15) is 4.79 Å².